The second-order valence-corrected chi connectivity index (χ2v) is 5.85. The van der Waals surface area contributed by atoms with Gasteiger partial charge in [-0.05, 0) is 18.6 Å². The molecule has 10 nitrogen and oxygen atoms in total. The lowest BCUT2D eigenvalue weighted by molar-refractivity contribution is -0.384. The van der Waals surface area contributed by atoms with E-state index in [0.717, 1.165) is 6.08 Å². The van der Waals surface area contributed by atoms with Gasteiger partial charge in [-0.1, -0.05) is 0 Å². The molecule has 0 atom stereocenters. The van der Waals surface area contributed by atoms with Gasteiger partial charge in [0.2, 0.25) is 0 Å². The Labute approximate surface area is 156 Å². The van der Waals surface area contributed by atoms with Crippen molar-refractivity contribution in [2.75, 3.05) is 50.6 Å². The summed E-state index contributed by atoms with van der Waals surface area (Å²) < 4.78 is 9.22. The van der Waals surface area contributed by atoms with Crippen molar-refractivity contribution in [1.82, 2.24) is 5.32 Å². The van der Waals surface area contributed by atoms with Gasteiger partial charge in [-0.2, -0.15) is 0 Å². The number of rotatable bonds is 6. The summed E-state index contributed by atoms with van der Waals surface area (Å²) in [5, 5.41) is 17.5. The minimum atomic E-state index is -0.762. The Balaban J connectivity index is 2.45. The molecular formula is C17H22N4O6. The fourth-order valence-corrected chi connectivity index (χ4v) is 2.70. The van der Waals surface area contributed by atoms with Gasteiger partial charge in [-0.15, -0.1) is 0 Å². The van der Waals surface area contributed by atoms with Gasteiger partial charge in [0.25, 0.3) is 5.69 Å². The molecule has 1 saturated heterocycles. The minimum Gasteiger partial charge on any atom is -0.466 e. The Kier molecular flexibility index (Phi) is 6.72. The van der Waals surface area contributed by atoms with Crippen molar-refractivity contribution < 1.29 is 24.0 Å². The van der Waals surface area contributed by atoms with Gasteiger partial charge in [-0.3, -0.25) is 10.1 Å². The fraction of sp³-hybridized carbons (Fsp3) is 0.412. The molecule has 0 aromatic heterocycles. The number of nitrogens with one attached hydrogen (secondary N) is 2. The molecule has 1 aromatic carbocycles. The molecule has 0 amide bonds. The second kappa shape index (κ2) is 8.99. The summed E-state index contributed by atoms with van der Waals surface area (Å²) in [6, 6.07) is 3.04. The Bertz CT molecular complexity index is 771. The molecule has 1 aliphatic rings. The van der Waals surface area contributed by atoms with Gasteiger partial charge in [0.15, 0.2) is 0 Å². The molecule has 0 spiro atoms. The zero-order valence-corrected chi connectivity index (χ0v) is 15.4. The summed E-state index contributed by atoms with van der Waals surface area (Å²) in [4.78, 5) is 36.4. The lowest BCUT2D eigenvalue weighted by Crippen LogP contribution is -2.43. The Hall–Kier alpha value is -3.14. The van der Waals surface area contributed by atoms with Crippen LogP contribution in [0.3, 0.4) is 0 Å². The highest BCUT2D eigenvalue weighted by Crippen LogP contribution is 2.34. The van der Waals surface area contributed by atoms with Gasteiger partial charge in [0.1, 0.15) is 11.4 Å². The maximum Gasteiger partial charge on any atom is 0.354 e. The first-order valence-electron chi connectivity index (χ1n) is 8.27. The van der Waals surface area contributed by atoms with Crippen molar-refractivity contribution in [3.63, 3.8) is 0 Å². The second-order valence-electron chi connectivity index (χ2n) is 5.85. The molecule has 0 saturated carbocycles. The van der Waals surface area contributed by atoms with Crippen LogP contribution in [0.2, 0.25) is 0 Å². The zero-order chi connectivity index (χ0) is 20.0. The lowest BCUT2D eigenvalue weighted by atomic mass is 10.1. The molecule has 0 aliphatic carbocycles. The third-order valence-electron chi connectivity index (χ3n) is 4.11. The molecule has 1 heterocycles. The van der Waals surface area contributed by atoms with Crippen LogP contribution in [0.15, 0.2) is 23.9 Å². The molecule has 10 heteroatoms. The first kappa shape index (κ1) is 20.2. The molecule has 146 valence electrons. The lowest BCUT2D eigenvalue weighted by Gasteiger charge is -2.29. The van der Waals surface area contributed by atoms with E-state index in [1.165, 1.54) is 20.3 Å². The van der Waals surface area contributed by atoms with Crippen molar-refractivity contribution in [3.8, 4) is 0 Å². The SMILES string of the molecule is COC(=O)/C=C(/Nc1cc(N2CCNCC2)c([N+](=O)[O-])cc1C)C(=O)OC. The number of methoxy groups -OCH3 is 2. The summed E-state index contributed by atoms with van der Waals surface area (Å²) in [6.45, 7) is 4.33. The topological polar surface area (TPSA) is 123 Å². The normalized spacial score (nSPS) is 14.5. The Morgan fingerprint density at radius 1 is 1.26 bits per heavy atom. The van der Waals surface area contributed by atoms with Crippen molar-refractivity contribution >= 4 is 29.0 Å². The monoisotopic (exact) mass is 378 g/mol. The van der Waals surface area contributed by atoms with Gasteiger partial charge < -0.3 is 25.0 Å². The number of nitrogens with zero attached hydrogens (tertiary/aromatic N) is 2. The summed E-state index contributed by atoms with van der Waals surface area (Å²) in [5.74, 6) is -1.49. The van der Waals surface area contributed by atoms with E-state index in [1.54, 1.807) is 13.0 Å². The van der Waals surface area contributed by atoms with E-state index in [1.807, 2.05) is 4.90 Å². The number of carbonyl (C=O) groups is 2. The number of benzene rings is 1. The predicted octanol–water partition coefficient (Wildman–Crippen LogP) is 0.955. The van der Waals surface area contributed by atoms with Crippen LogP contribution in [0.5, 0.6) is 0 Å². The van der Waals surface area contributed by atoms with Crippen LogP contribution in [0.4, 0.5) is 17.1 Å². The minimum absolute atomic E-state index is 0.0171. The first-order valence-corrected chi connectivity index (χ1v) is 8.27. The van der Waals surface area contributed by atoms with Gasteiger partial charge in [0.05, 0.1) is 25.2 Å². The largest absolute Gasteiger partial charge is 0.466 e. The molecule has 0 radical (unpaired) electrons. The third kappa shape index (κ3) is 4.94. The van der Waals surface area contributed by atoms with Crippen LogP contribution in [-0.4, -0.2) is 57.3 Å². The summed E-state index contributed by atoms with van der Waals surface area (Å²) in [7, 11) is 2.37. The van der Waals surface area contributed by atoms with Crippen molar-refractivity contribution in [2.45, 2.75) is 6.92 Å². The van der Waals surface area contributed by atoms with Gasteiger partial charge >= 0.3 is 11.9 Å². The van der Waals surface area contributed by atoms with Crippen LogP contribution in [0, 0.1) is 17.0 Å². The Morgan fingerprint density at radius 3 is 2.48 bits per heavy atom. The number of ether oxygens (including phenoxy) is 2. The van der Waals surface area contributed by atoms with Crippen LogP contribution in [0.1, 0.15) is 5.56 Å². The average Bonchev–Trinajstić information content (AvgIpc) is 2.68. The van der Waals surface area contributed by atoms with Crippen LogP contribution in [0.25, 0.3) is 0 Å². The van der Waals surface area contributed by atoms with Crippen LogP contribution >= 0.6 is 0 Å². The summed E-state index contributed by atoms with van der Waals surface area (Å²) in [6.07, 6.45) is 0.969. The van der Waals surface area contributed by atoms with E-state index in [2.05, 4.69) is 20.1 Å². The van der Waals surface area contributed by atoms with E-state index in [0.29, 0.717) is 43.1 Å². The van der Waals surface area contributed by atoms with Crippen LogP contribution in [-0.2, 0) is 19.1 Å². The smallest absolute Gasteiger partial charge is 0.354 e. The number of nitro groups is 1. The summed E-state index contributed by atoms with van der Waals surface area (Å²) >= 11 is 0. The van der Waals surface area contributed by atoms with E-state index < -0.39 is 16.9 Å². The molecule has 27 heavy (non-hydrogen) atoms. The number of hydrogen-bond acceptors (Lipinski definition) is 9. The zero-order valence-electron chi connectivity index (χ0n) is 15.4. The number of carbonyl (C=O) groups excluding carboxylic acids is 2. The molecule has 2 rings (SSSR count). The van der Waals surface area contributed by atoms with E-state index >= 15 is 0 Å². The van der Waals surface area contributed by atoms with E-state index in [9.17, 15) is 19.7 Å². The van der Waals surface area contributed by atoms with E-state index in [-0.39, 0.29) is 11.4 Å². The van der Waals surface area contributed by atoms with Crippen molar-refractivity contribution in [3.05, 3.63) is 39.6 Å². The number of esters is 2. The summed E-state index contributed by atoms with van der Waals surface area (Å²) in [5.41, 5.74) is 1.29. The highest BCUT2D eigenvalue weighted by Gasteiger charge is 2.24. The molecular weight excluding hydrogens is 356 g/mol. The van der Waals surface area contributed by atoms with Gasteiger partial charge in [-0.25, -0.2) is 9.59 Å². The maximum absolute atomic E-state index is 12.0. The number of aryl methyl sites for hydroxylation is 1. The average molecular weight is 378 g/mol. The van der Waals surface area contributed by atoms with E-state index in [4.69, 9.17) is 0 Å². The van der Waals surface area contributed by atoms with Gasteiger partial charge in [0, 0.05) is 37.9 Å². The first-order chi connectivity index (χ1) is 12.9. The highest BCUT2D eigenvalue weighted by molar-refractivity contribution is 5.99. The molecule has 1 aliphatic heterocycles. The quantitative estimate of drug-likeness (QED) is 0.322. The fourth-order valence-electron chi connectivity index (χ4n) is 2.70. The van der Waals surface area contributed by atoms with Crippen molar-refractivity contribution in [1.29, 1.82) is 0 Å². The number of anilines is 2. The molecule has 0 unspecified atom stereocenters. The standard InChI is InChI=1S/C17H22N4O6/c1-11-8-15(21(24)25)14(20-6-4-18-5-7-20)9-12(11)19-13(17(23)27-3)10-16(22)26-2/h8-10,18-19H,4-7H2,1-3H3/b13-10+. The molecule has 1 fully saturated rings. The third-order valence-corrected chi connectivity index (χ3v) is 4.11. The molecule has 2 N–H and O–H groups in total. The maximum atomic E-state index is 12.0. The number of hydrogen-bond donors (Lipinski definition) is 2. The number of piperazine rings is 1. The van der Waals surface area contributed by atoms with Crippen molar-refractivity contribution in [2.24, 2.45) is 0 Å². The van der Waals surface area contributed by atoms with Crippen LogP contribution < -0.4 is 15.5 Å². The number of nitro benzene ring substituents is 1. The molecule has 0 bridgehead atoms. The highest BCUT2D eigenvalue weighted by atomic mass is 16.6. The molecule has 1 aromatic rings. The Morgan fingerprint density at radius 2 is 1.93 bits per heavy atom. The predicted molar refractivity (Wildman–Crippen MR) is 98.7 cm³/mol.